The molecule has 2 heterocycles. The van der Waals surface area contributed by atoms with Gasteiger partial charge in [-0.15, -0.1) is 5.10 Å². The highest BCUT2D eigenvalue weighted by atomic mass is 32.2. The Morgan fingerprint density at radius 3 is 2.73 bits per heavy atom. The fraction of sp³-hybridized carbons (Fsp3) is 0.278. The zero-order valence-corrected chi connectivity index (χ0v) is 15.4. The molecular weight excluding hydrogens is 350 g/mol. The highest BCUT2D eigenvalue weighted by molar-refractivity contribution is 8.00. The summed E-state index contributed by atoms with van der Waals surface area (Å²) in [6.07, 6.45) is 4.68. The van der Waals surface area contributed by atoms with Crippen LogP contribution in [0.15, 0.2) is 47.9 Å². The van der Waals surface area contributed by atoms with Gasteiger partial charge in [-0.1, -0.05) is 18.7 Å². The van der Waals surface area contributed by atoms with Crippen LogP contribution in [-0.4, -0.2) is 36.5 Å². The quantitative estimate of drug-likeness (QED) is 0.508. The zero-order chi connectivity index (χ0) is 18.5. The number of carbonyl (C=O) groups excluding carboxylic acids is 2. The molecule has 1 atom stereocenters. The van der Waals surface area contributed by atoms with Crippen LogP contribution in [0.25, 0.3) is 5.78 Å². The highest BCUT2D eigenvalue weighted by Crippen LogP contribution is 2.23. The summed E-state index contributed by atoms with van der Waals surface area (Å²) in [6.45, 7) is 3.78. The fourth-order valence-electron chi connectivity index (χ4n) is 2.38. The molecule has 0 saturated carbocycles. The molecule has 7 nitrogen and oxygen atoms in total. The van der Waals surface area contributed by atoms with E-state index >= 15 is 0 Å². The Morgan fingerprint density at radius 1 is 1.27 bits per heavy atom. The maximum absolute atomic E-state index is 12.6. The van der Waals surface area contributed by atoms with E-state index in [1.54, 1.807) is 47.2 Å². The van der Waals surface area contributed by atoms with E-state index in [0.717, 1.165) is 6.42 Å². The molecule has 2 aromatic heterocycles. The van der Waals surface area contributed by atoms with Crippen LogP contribution in [0.3, 0.4) is 0 Å². The molecule has 1 aromatic carbocycles. The van der Waals surface area contributed by atoms with Crippen LogP contribution in [0.4, 0.5) is 5.69 Å². The van der Waals surface area contributed by atoms with Crippen molar-refractivity contribution < 1.29 is 9.59 Å². The number of rotatable bonds is 7. The summed E-state index contributed by atoms with van der Waals surface area (Å²) in [7, 11) is 0. The summed E-state index contributed by atoms with van der Waals surface area (Å²) in [5.74, 6) is 0.456. The molecule has 0 fully saturated rings. The van der Waals surface area contributed by atoms with Crippen LogP contribution in [0.5, 0.6) is 0 Å². The van der Waals surface area contributed by atoms with Crippen LogP contribution in [0, 0.1) is 0 Å². The molecule has 0 saturated heterocycles. The molecule has 1 unspecified atom stereocenters. The summed E-state index contributed by atoms with van der Waals surface area (Å²) in [4.78, 5) is 32.6. The first-order valence-electron chi connectivity index (χ1n) is 8.35. The largest absolute Gasteiger partial charge is 0.326 e. The molecule has 0 bridgehead atoms. The topological polar surface area (TPSA) is 89.2 Å². The Balaban J connectivity index is 1.65. The van der Waals surface area contributed by atoms with Crippen molar-refractivity contribution in [1.82, 2.24) is 19.6 Å². The van der Waals surface area contributed by atoms with Crippen LogP contribution in [0.2, 0.25) is 0 Å². The van der Waals surface area contributed by atoms with E-state index in [9.17, 15) is 9.59 Å². The lowest BCUT2D eigenvalue weighted by atomic mass is 10.1. The third kappa shape index (κ3) is 4.26. The predicted molar refractivity (Wildman–Crippen MR) is 100 cm³/mol. The smallest absolute Gasteiger partial charge is 0.253 e. The van der Waals surface area contributed by atoms with Crippen LogP contribution in [0.1, 0.15) is 37.0 Å². The fourth-order valence-corrected chi connectivity index (χ4v) is 3.21. The van der Waals surface area contributed by atoms with Gasteiger partial charge in [0.25, 0.3) is 5.78 Å². The maximum Gasteiger partial charge on any atom is 0.253 e. The van der Waals surface area contributed by atoms with Gasteiger partial charge >= 0.3 is 0 Å². The molecule has 1 amide bonds. The van der Waals surface area contributed by atoms with Crippen molar-refractivity contribution in [3.8, 4) is 0 Å². The predicted octanol–water partition coefficient (Wildman–Crippen LogP) is 3.23. The summed E-state index contributed by atoms with van der Waals surface area (Å²) in [5, 5.41) is 7.27. The summed E-state index contributed by atoms with van der Waals surface area (Å²) < 4.78 is 1.58. The van der Waals surface area contributed by atoms with Crippen LogP contribution in [-0.2, 0) is 4.79 Å². The molecule has 26 heavy (non-hydrogen) atoms. The minimum atomic E-state index is -0.340. The Hall–Kier alpha value is -2.74. The number of aromatic nitrogens is 4. The number of hydrogen-bond donors (Lipinski definition) is 1. The molecule has 0 aliphatic rings. The molecule has 0 radical (unpaired) electrons. The van der Waals surface area contributed by atoms with E-state index in [1.165, 1.54) is 11.8 Å². The Kier molecular flexibility index (Phi) is 5.62. The van der Waals surface area contributed by atoms with Crippen molar-refractivity contribution in [1.29, 1.82) is 0 Å². The average molecular weight is 369 g/mol. The first-order chi connectivity index (χ1) is 12.6. The molecule has 1 N–H and O–H groups in total. The highest BCUT2D eigenvalue weighted by Gasteiger charge is 2.19. The standard InChI is InChI=1S/C18H19N5O2S/c1-3-5-15(24)20-14-8-6-13(7-9-14)16(25)12(2)26-18-21-17-19-10-4-11-23(17)22-18/h4,6-12H,3,5H2,1-2H3,(H,20,24). The van der Waals surface area contributed by atoms with E-state index in [1.807, 2.05) is 13.8 Å². The normalized spacial score (nSPS) is 12.1. The number of nitrogens with one attached hydrogen (secondary N) is 1. The lowest BCUT2D eigenvalue weighted by Crippen LogP contribution is -2.14. The Labute approximate surface area is 155 Å². The average Bonchev–Trinajstić information content (AvgIpc) is 3.04. The molecule has 0 aliphatic carbocycles. The van der Waals surface area contributed by atoms with Crippen molar-refractivity contribution in [2.24, 2.45) is 0 Å². The SMILES string of the molecule is CCCC(=O)Nc1ccc(C(=O)C(C)Sc2nc3ncccn3n2)cc1. The van der Waals surface area contributed by atoms with Gasteiger partial charge in [0.15, 0.2) is 5.78 Å². The van der Waals surface area contributed by atoms with E-state index < -0.39 is 0 Å². The second-order valence-corrected chi connectivity index (χ2v) is 7.07. The first-order valence-corrected chi connectivity index (χ1v) is 9.23. The van der Waals surface area contributed by atoms with Crippen LogP contribution < -0.4 is 5.32 Å². The second-order valence-electron chi connectivity index (χ2n) is 5.76. The number of Topliss-reactive ketones (excluding diaryl/α,β-unsaturated/α-hetero) is 1. The van der Waals surface area contributed by atoms with Crippen molar-refractivity contribution in [3.63, 3.8) is 0 Å². The zero-order valence-electron chi connectivity index (χ0n) is 14.5. The number of hydrogen-bond acceptors (Lipinski definition) is 6. The molecule has 3 aromatic rings. The third-order valence-electron chi connectivity index (χ3n) is 3.68. The van der Waals surface area contributed by atoms with Crippen molar-refractivity contribution in [2.75, 3.05) is 5.32 Å². The minimum absolute atomic E-state index is 0.0201. The van der Waals surface area contributed by atoms with Gasteiger partial charge in [0.05, 0.1) is 5.25 Å². The van der Waals surface area contributed by atoms with Crippen LogP contribution >= 0.6 is 11.8 Å². The van der Waals surface area contributed by atoms with Gasteiger partial charge in [-0.2, -0.15) is 4.98 Å². The van der Waals surface area contributed by atoms with E-state index in [0.29, 0.717) is 28.6 Å². The molecule has 8 heteroatoms. The van der Waals surface area contributed by atoms with Gasteiger partial charge < -0.3 is 5.32 Å². The van der Waals surface area contributed by atoms with Crippen molar-refractivity contribution >= 4 is 34.9 Å². The van der Waals surface area contributed by atoms with E-state index in [-0.39, 0.29) is 16.9 Å². The second kappa shape index (κ2) is 8.09. The number of benzene rings is 1. The molecule has 3 rings (SSSR count). The Morgan fingerprint density at radius 2 is 2.04 bits per heavy atom. The summed E-state index contributed by atoms with van der Waals surface area (Å²) >= 11 is 1.29. The number of thioether (sulfide) groups is 1. The van der Waals surface area contributed by atoms with E-state index in [2.05, 4.69) is 20.4 Å². The molecule has 0 aliphatic heterocycles. The van der Waals surface area contributed by atoms with Gasteiger partial charge in [-0.3, -0.25) is 9.59 Å². The lowest BCUT2D eigenvalue weighted by molar-refractivity contribution is -0.116. The minimum Gasteiger partial charge on any atom is -0.326 e. The van der Waals surface area contributed by atoms with Crippen molar-refractivity contribution in [2.45, 2.75) is 37.1 Å². The van der Waals surface area contributed by atoms with Crippen molar-refractivity contribution in [3.05, 3.63) is 48.3 Å². The van der Waals surface area contributed by atoms with Gasteiger partial charge in [0.1, 0.15) is 0 Å². The number of carbonyl (C=O) groups is 2. The lowest BCUT2D eigenvalue weighted by Gasteiger charge is -2.09. The maximum atomic E-state index is 12.6. The number of ketones is 1. The molecular formula is C18H19N5O2S. The number of fused-ring (bicyclic) bond motifs is 1. The number of anilines is 1. The van der Waals surface area contributed by atoms with E-state index in [4.69, 9.17) is 0 Å². The van der Waals surface area contributed by atoms with Gasteiger partial charge in [0.2, 0.25) is 11.1 Å². The molecule has 0 spiro atoms. The molecule has 134 valence electrons. The van der Waals surface area contributed by atoms with Gasteiger partial charge in [-0.05, 0) is 43.7 Å². The number of amides is 1. The monoisotopic (exact) mass is 369 g/mol. The summed E-state index contributed by atoms with van der Waals surface area (Å²) in [5.41, 5.74) is 1.27. The van der Waals surface area contributed by atoms with Gasteiger partial charge in [0, 0.05) is 30.1 Å². The Bertz CT molecular complexity index is 890. The summed E-state index contributed by atoms with van der Waals surface area (Å²) in [6, 6.07) is 8.70. The third-order valence-corrected chi connectivity index (χ3v) is 4.63. The number of nitrogens with zero attached hydrogens (tertiary/aromatic N) is 4. The first kappa shape index (κ1) is 18.1. The van der Waals surface area contributed by atoms with Gasteiger partial charge in [-0.25, -0.2) is 9.50 Å².